The fourth-order valence-electron chi connectivity index (χ4n) is 4.64. The van der Waals surface area contributed by atoms with Crippen LogP contribution < -0.4 is 9.03 Å². The summed E-state index contributed by atoms with van der Waals surface area (Å²) < 4.78 is 36.0. The van der Waals surface area contributed by atoms with Gasteiger partial charge in [0.25, 0.3) is 0 Å². The number of fused-ring (bicyclic) bond motifs is 2. The zero-order valence-corrected chi connectivity index (χ0v) is 18.3. The van der Waals surface area contributed by atoms with E-state index < -0.39 is 16.1 Å². The molecule has 0 radical (unpaired) electrons. The number of amides is 1. The molecule has 1 N–H and O–H groups in total. The van der Waals surface area contributed by atoms with Gasteiger partial charge in [-0.25, -0.2) is 9.03 Å². The molecule has 162 valence electrons. The minimum Gasteiger partial charge on any atom is -0.383 e. The Hall–Kier alpha value is -2.39. The summed E-state index contributed by atoms with van der Waals surface area (Å²) in [4.78, 5) is 12.9. The van der Waals surface area contributed by atoms with Gasteiger partial charge in [-0.2, -0.15) is 13.5 Å². The van der Waals surface area contributed by atoms with Gasteiger partial charge in [0.2, 0.25) is 5.91 Å². The highest BCUT2D eigenvalue weighted by Crippen LogP contribution is 2.35. The van der Waals surface area contributed by atoms with Gasteiger partial charge in [-0.3, -0.25) is 9.48 Å². The van der Waals surface area contributed by atoms with Crippen molar-refractivity contribution in [1.29, 1.82) is 0 Å². The summed E-state index contributed by atoms with van der Waals surface area (Å²) in [6, 6.07) is 2.30. The summed E-state index contributed by atoms with van der Waals surface area (Å²) in [5.74, 6) is -0.504. The third-order valence-corrected chi connectivity index (χ3v) is 7.41. The monoisotopic (exact) mass is 432 g/mol. The lowest BCUT2D eigenvalue weighted by atomic mass is 9.92. The minimum absolute atomic E-state index is 0.0843. The Morgan fingerprint density at radius 1 is 1.20 bits per heavy atom. The number of hydrogen-bond acceptors (Lipinski definition) is 5. The smallest absolute Gasteiger partial charge is 0.326 e. The molecule has 1 aromatic heterocycles. The Labute approximate surface area is 177 Å². The van der Waals surface area contributed by atoms with Crippen LogP contribution in [0, 0.1) is 0 Å². The van der Waals surface area contributed by atoms with Crippen LogP contribution in [0.4, 0.5) is 5.69 Å². The van der Waals surface area contributed by atoms with Gasteiger partial charge in [0.1, 0.15) is 0 Å². The van der Waals surface area contributed by atoms with Gasteiger partial charge < -0.3 is 4.74 Å². The van der Waals surface area contributed by atoms with Crippen LogP contribution in [0.15, 0.2) is 18.5 Å². The van der Waals surface area contributed by atoms with E-state index in [0.29, 0.717) is 5.69 Å². The highest BCUT2D eigenvalue weighted by atomic mass is 32.2. The Morgan fingerprint density at radius 2 is 1.87 bits per heavy atom. The number of ether oxygens (including phenoxy) is 1. The molecule has 2 aromatic rings. The standard InChI is InChI=1S/C21H28N4O4S/c1-24-14-17(13-22-24)25(9-10-29-2)30(27,28)23-21(26)12-20-18-7-3-5-15(18)11-16-6-4-8-19(16)20/h11,13-14H,3-10,12H2,1-2H3,(H,23,26). The maximum absolute atomic E-state index is 13.0. The Morgan fingerprint density at radius 3 is 2.43 bits per heavy atom. The maximum Gasteiger partial charge on any atom is 0.326 e. The van der Waals surface area contributed by atoms with E-state index in [2.05, 4.69) is 15.9 Å². The van der Waals surface area contributed by atoms with Crippen molar-refractivity contribution in [2.24, 2.45) is 7.05 Å². The van der Waals surface area contributed by atoms with Gasteiger partial charge in [0.05, 0.1) is 31.5 Å². The van der Waals surface area contributed by atoms with Gasteiger partial charge in [-0.1, -0.05) is 6.07 Å². The van der Waals surface area contributed by atoms with Gasteiger partial charge in [0.15, 0.2) is 0 Å². The van der Waals surface area contributed by atoms with Crippen molar-refractivity contribution in [2.75, 3.05) is 24.6 Å². The van der Waals surface area contributed by atoms with Gasteiger partial charge in [-0.15, -0.1) is 0 Å². The zero-order valence-electron chi connectivity index (χ0n) is 17.5. The molecule has 0 saturated heterocycles. The second kappa shape index (κ2) is 8.39. The van der Waals surface area contributed by atoms with Crippen molar-refractivity contribution in [1.82, 2.24) is 14.5 Å². The number of benzene rings is 1. The fourth-order valence-corrected chi connectivity index (χ4v) is 5.80. The zero-order chi connectivity index (χ0) is 21.3. The molecule has 0 aliphatic heterocycles. The number of carbonyl (C=O) groups excluding carboxylic acids is 1. The summed E-state index contributed by atoms with van der Waals surface area (Å²) in [6.45, 7) is 0.282. The summed E-state index contributed by atoms with van der Waals surface area (Å²) in [5, 5.41) is 4.04. The number of anilines is 1. The first-order valence-electron chi connectivity index (χ1n) is 10.4. The summed E-state index contributed by atoms with van der Waals surface area (Å²) >= 11 is 0. The second-order valence-electron chi connectivity index (χ2n) is 7.98. The molecule has 2 aliphatic carbocycles. The predicted octanol–water partition coefficient (Wildman–Crippen LogP) is 1.45. The van der Waals surface area contributed by atoms with Crippen LogP contribution in [0.25, 0.3) is 0 Å². The van der Waals surface area contributed by atoms with E-state index >= 15 is 0 Å². The maximum atomic E-state index is 13.0. The molecule has 8 nitrogen and oxygen atoms in total. The quantitative estimate of drug-likeness (QED) is 0.682. The normalized spacial score (nSPS) is 15.1. The molecule has 0 unspecified atom stereocenters. The Kier molecular flexibility index (Phi) is 5.84. The van der Waals surface area contributed by atoms with Crippen LogP contribution >= 0.6 is 0 Å². The Balaban J connectivity index is 1.56. The van der Waals surface area contributed by atoms with Gasteiger partial charge in [0, 0.05) is 20.4 Å². The number of rotatable bonds is 8. The molecule has 1 aromatic carbocycles. The largest absolute Gasteiger partial charge is 0.383 e. The molecule has 9 heteroatoms. The molecule has 4 rings (SSSR count). The van der Waals surface area contributed by atoms with Gasteiger partial charge in [-0.05, 0) is 66.3 Å². The SMILES string of the molecule is COCCN(c1cnn(C)c1)S(=O)(=O)NC(=O)Cc1c2c(cc3c1CCC3)CCC2. The lowest BCUT2D eigenvalue weighted by Gasteiger charge is -2.23. The molecular formula is C21H28N4O4S. The number of hydrogen-bond donors (Lipinski definition) is 1. The molecule has 1 heterocycles. The molecule has 2 aliphatic rings. The van der Waals surface area contributed by atoms with Gasteiger partial charge >= 0.3 is 10.2 Å². The highest BCUT2D eigenvalue weighted by molar-refractivity contribution is 7.91. The number of nitrogens with zero attached hydrogens (tertiary/aromatic N) is 3. The molecule has 1 amide bonds. The van der Waals surface area contributed by atoms with Crippen molar-refractivity contribution < 1.29 is 17.9 Å². The number of aryl methyl sites for hydroxylation is 3. The van der Waals surface area contributed by atoms with E-state index in [9.17, 15) is 13.2 Å². The van der Waals surface area contributed by atoms with E-state index in [1.54, 1.807) is 13.2 Å². The van der Waals surface area contributed by atoms with Crippen molar-refractivity contribution in [3.8, 4) is 0 Å². The molecule has 0 atom stereocenters. The fraction of sp³-hybridized carbons (Fsp3) is 0.524. The van der Waals surface area contributed by atoms with E-state index in [-0.39, 0.29) is 19.6 Å². The third-order valence-electron chi connectivity index (χ3n) is 5.95. The molecule has 0 fully saturated rings. The van der Waals surface area contributed by atoms with Crippen LogP contribution in [0.5, 0.6) is 0 Å². The number of nitrogens with one attached hydrogen (secondary N) is 1. The lowest BCUT2D eigenvalue weighted by molar-refractivity contribution is -0.118. The van der Waals surface area contributed by atoms with Crippen molar-refractivity contribution in [2.45, 2.75) is 44.9 Å². The lowest BCUT2D eigenvalue weighted by Crippen LogP contribution is -2.45. The molecule has 30 heavy (non-hydrogen) atoms. The average Bonchev–Trinajstić information content (AvgIpc) is 3.42. The predicted molar refractivity (Wildman–Crippen MR) is 114 cm³/mol. The number of methoxy groups -OCH3 is 1. The van der Waals surface area contributed by atoms with Crippen molar-refractivity contribution in [3.63, 3.8) is 0 Å². The van der Waals surface area contributed by atoms with Crippen molar-refractivity contribution in [3.05, 3.63) is 46.3 Å². The van der Waals surface area contributed by atoms with Crippen molar-refractivity contribution >= 4 is 21.8 Å². The van der Waals surface area contributed by atoms with E-state index in [1.807, 2.05) is 0 Å². The first-order chi connectivity index (χ1) is 14.4. The Bertz CT molecular complexity index is 1030. The summed E-state index contributed by atoms with van der Waals surface area (Å²) in [5.41, 5.74) is 6.61. The molecular weight excluding hydrogens is 404 g/mol. The summed E-state index contributed by atoms with van der Waals surface area (Å²) in [7, 11) is -0.870. The van der Waals surface area contributed by atoms with E-state index in [1.165, 1.54) is 40.2 Å². The molecule has 0 spiro atoms. The van der Waals surface area contributed by atoms with E-state index in [0.717, 1.165) is 48.4 Å². The highest BCUT2D eigenvalue weighted by Gasteiger charge is 2.29. The number of aromatic nitrogens is 2. The van der Waals surface area contributed by atoms with Crippen LogP contribution in [0.2, 0.25) is 0 Å². The van der Waals surface area contributed by atoms with Crippen LogP contribution in [0.3, 0.4) is 0 Å². The van der Waals surface area contributed by atoms with Crippen LogP contribution in [-0.2, 0) is 58.9 Å². The third kappa shape index (κ3) is 4.09. The number of carbonyl (C=O) groups is 1. The van der Waals surface area contributed by atoms with E-state index in [4.69, 9.17) is 4.74 Å². The minimum atomic E-state index is -4.08. The van der Waals surface area contributed by atoms with Crippen LogP contribution in [0.1, 0.15) is 40.7 Å². The second-order valence-corrected chi connectivity index (χ2v) is 9.58. The topological polar surface area (TPSA) is 93.5 Å². The first kappa shape index (κ1) is 20.9. The first-order valence-corrected chi connectivity index (χ1v) is 11.8. The average molecular weight is 433 g/mol. The molecule has 0 saturated carbocycles. The summed E-state index contributed by atoms with van der Waals surface area (Å²) in [6.07, 6.45) is 9.35. The molecule has 0 bridgehead atoms. The van der Waals surface area contributed by atoms with Crippen LogP contribution in [-0.4, -0.2) is 44.4 Å².